The van der Waals surface area contributed by atoms with Gasteiger partial charge in [0.1, 0.15) is 28.7 Å². The standard InChI is InChI=1S/C34H36F3N7S/c1-20-27(10-11-31-29(20)12-25(15-38)44(31)18-22-16-41-42-17-22)28(9-4-21-2-3-21)23-5-7-24(8-6-23)43-32-30-13-26(14-34(35,36)37)45-33(30)40-19-39-32/h10-13,16-17,19,21,23-24,28H,2-9,14,18H2,1H3,(H,41,42)(H,39,40,43). The lowest BCUT2D eigenvalue weighted by Crippen LogP contribution is -2.29. The summed E-state index contributed by atoms with van der Waals surface area (Å²) in [5.41, 5.74) is 5.43. The van der Waals surface area contributed by atoms with Crippen LogP contribution in [0.4, 0.5) is 19.0 Å². The zero-order valence-corrected chi connectivity index (χ0v) is 26.0. The van der Waals surface area contributed by atoms with Crippen molar-refractivity contribution in [3.63, 3.8) is 0 Å². The molecule has 4 aromatic heterocycles. The van der Waals surface area contributed by atoms with Crippen LogP contribution in [0, 0.1) is 30.1 Å². The van der Waals surface area contributed by atoms with E-state index in [0.717, 1.165) is 59.4 Å². The fraction of sp³-hybridized carbons (Fsp3) is 0.471. The van der Waals surface area contributed by atoms with E-state index < -0.39 is 12.6 Å². The van der Waals surface area contributed by atoms with Crippen LogP contribution in [0.15, 0.2) is 43.0 Å². The number of H-pyrrole nitrogens is 1. The summed E-state index contributed by atoms with van der Waals surface area (Å²) in [6, 6.07) is 10.8. The molecule has 2 aliphatic rings. The number of nitrogens with one attached hydrogen (secondary N) is 2. The largest absolute Gasteiger partial charge is 0.393 e. The first-order chi connectivity index (χ1) is 21.8. The minimum atomic E-state index is -4.25. The molecule has 2 fully saturated rings. The van der Waals surface area contributed by atoms with Crippen molar-refractivity contribution in [3.05, 3.63) is 70.2 Å². The highest BCUT2D eigenvalue weighted by Gasteiger charge is 2.33. The molecule has 4 heterocycles. The summed E-state index contributed by atoms with van der Waals surface area (Å²) in [7, 11) is 0. The topological polar surface area (TPSA) is 95.2 Å². The number of thiophene rings is 1. The summed E-state index contributed by atoms with van der Waals surface area (Å²) >= 11 is 1.09. The molecule has 11 heteroatoms. The Bertz CT molecular complexity index is 1840. The number of aryl methyl sites for hydroxylation is 1. The van der Waals surface area contributed by atoms with Crippen LogP contribution in [0.3, 0.4) is 0 Å². The van der Waals surface area contributed by atoms with Crippen LogP contribution in [0.5, 0.6) is 0 Å². The number of aromatic nitrogens is 5. The quantitative estimate of drug-likeness (QED) is 0.161. The summed E-state index contributed by atoms with van der Waals surface area (Å²) in [6.07, 6.45) is 9.13. The lowest BCUT2D eigenvalue weighted by atomic mass is 9.72. The van der Waals surface area contributed by atoms with Crippen molar-refractivity contribution < 1.29 is 13.2 Å². The molecular formula is C34H36F3N7S. The number of alkyl halides is 3. The lowest BCUT2D eigenvalue weighted by molar-refractivity contribution is -0.126. The molecule has 45 heavy (non-hydrogen) atoms. The second kappa shape index (κ2) is 12.1. The number of halogens is 3. The second-order valence-corrected chi connectivity index (χ2v) is 14.0. The monoisotopic (exact) mass is 631 g/mol. The van der Waals surface area contributed by atoms with Gasteiger partial charge in [-0.1, -0.05) is 18.9 Å². The molecule has 0 amide bonds. The molecule has 7 rings (SSSR count). The highest BCUT2D eigenvalue weighted by molar-refractivity contribution is 7.18. The minimum Gasteiger partial charge on any atom is -0.367 e. The molecule has 234 valence electrons. The normalized spacial score (nSPS) is 19.6. The highest BCUT2D eigenvalue weighted by atomic mass is 32.1. The van der Waals surface area contributed by atoms with Crippen molar-refractivity contribution in [3.8, 4) is 6.07 Å². The summed E-state index contributed by atoms with van der Waals surface area (Å²) in [5, 5.41) is 22.3. The molecule has 2 N–H and O–H groups in total. The van der Waals surface area contributed by atoms with Crippen LogP contribution in [-0.2, 0) is 13.0 Å². The highest BCUT2D eigenvalue weighted by Crippen LogP contribution is 2.45. The van der Waals surface area contributed by atoms with Crippen molar-refractivity contribution in [1.82, 2.24) is 24.7 Å². The average molecular weight is 632 g/mol. The third-order valence-electron chi connectivity index (χ3n) is 9.83. The maximum Gasteiger partial charge on any atom is 0.393 e. The molecule has 0 aliphatic heterocycles. The van der Waals surface area contributed by atoms with Crippen LogP contribution < -0.4 is 5.32 Å². The van der Waals surface area contributed by atoms with E-state index in [1.165, 1.54) is 43.1 Å². The third kappa shape index (κ3) is 6.43. The number of rotatable bonds is 10. The molecule has 1 unspecified atom stereocenters. The van der Waals surface area contributed by atoms with Gasteiger partial charge in [0.05, 0.1) is 24.5 Å². The molecule has 0 bridgehead atoms. The van der Waals surface area contributed by atoms with Gasteiger partial charge in [0.25, 0.3) is 0 Å². The Balaban J connectivity index is 1.10. The van der Waals surface area contributed by atoms with Crippen molar-refractivity contribution in [1.29, 1.82) is 5.26 Å². The molecule has 0 spiro atoms. The number of fused-ring (bicyclic) bond motifs is 2. The van der Waals surface area contributed by atoms with Gasteiger partial charge in [-0.15, -0.1) is 11.3 Å². The van der Waals surface area contributed by atoms with E-state index in [9.17, 15) is 18.4 Å². The average Bonchev–Trinajstić information content (AvgIpc) is 3.35. The zero-order chi connectivity index (χ0) is 31.1. The van der Waals surface area contributed by atoms with Crippen LogP contribution in [0.2, 0.25) is 0 Å². The van der Waals surface area contributed by atoms with E-state index in [0.29, 0.717) is 40.1 Å². The zero-order valence-electron chi connectivity index (χ0n) is 25.2. The van der Waals surface area contributed by atoms with E-state index in [1.54, 1.807) is 12.3 Å². The van der Waals surface area contributed by atoms with Gasteiger partial charge in [0.15, 0.2) is 0 Å². The second-order valence-electron chi connectivity index (χ2n) is 12.9. The molecule has 5 aromatic rings. The van der Waals surface area contributed by atoms with Gasteiger partial charge in [0, 0.05) is 33.6 Å². The summed E-state index contributed by atoms with van der Waals surface area (Å²) < 4.78 is 41.1. The Hall–Kier alpha value is -3.91. The van der Waals surface area contributed by atoms with Gasteiger partial charge in [-0.2, -0.15) is 23.5 Å². The maximum absolute atomic E-state index is 13.0. The number of hydrogen-bond acceptors (Lipinski definition) is 6. The molecule has 2 saturated carbocycles. The van der Waals surface area contributed by atoms with Gasteiger partial charge >= 0.3 is 6.18 Å². The maximum atomic E-state index is 13.0. The lowest BCUT2D eigenvalue weighted by Gasteiger charge is -2.35. The molecule has 7 nitrogen and oxygen atoms in total. The van der Waals surface area contributed by atoms with Crippen LogP contribution >= 0.6 is 11.3 Å². The first-order valence-corrected chi connectivity index (χ1v) is 16.6. The fourth-order valence-corrected chi connectivity index (χ4v) is 8.36. The predicted octanol–water partition coefficient (Wildman–Crippen LogP) is 8.65. The van der Waals surface area contributed by atoms with Crippen LogP contribution in [0.1, 0.15) is 84.5 Å². The van der Waals surface area contributed by atoms with E-state index in [-0.39, 0.29) is 10.9 Å². The van der Waals surface area contributed by atoms with Gasteiger partial charge in [-0.25, -0.2) is 9.97 Å². The molecule has 1 atom stereocenters. The first-order valence-electron chi connectivity index (χ1n) is 15.8. The Morgan fingerprint density at radius 3 is 2.64 bits per heavy atom. The predicted molar refractivity (Wildman–Crippen MR) is 170 cm³/mol. The first kappa shape index (κ1) is 29.8. The summed E-state index contributed by atoms with van der Waals surface area (Å²) in [6.45, 7) is 2.81. The van der Waals surface area contributed by atoms with E-state index in [4.69, 9.17) is 0 Å². The Morgan fingerprint density at radius 1 is 1.11 bits per heavy atom. The molecule has 2 aliphatic carbocycles. The van der Waals surface area contributed by atoms with Crippen molar-refractivity contribution >= 4 is 38.3 Å². The molecule has 0 saturated heterocycles. The van der Waals surface area contributed by atoms with Gasteiger partial charge < -0.3 is 9.88 Å². The van der Waals surface area contributed by atoms with E-state index >= 15 is 0 Å². The summed E-state index contributed by atoms with van der Waals surface area (Å²) in [5.74, 6) is 2.48. The number of nitriles is 1. The number of nitrogens with zero attached hydrogens (tertiary/aromatic N) is 5. The molecular weight excluding hydrogens is 595 g/mol. The Morgan fingerprint density at radius 2 is 1.93 bits per heavy atom. The van der Waals surface area contributed by atoms with Gasteiger partial charge in [0.2, 0.25) is 0 Å². The number of hydrogen-bond donors (Lipinski definition) is 2. The van der Waals surface area contributed by atoms with E-state index in [1.807, 2.05) is 12.3 Å². The van der Waals surface area contributed by atoms with Gasteiger partial charge in [-0.05, 0) is 92.5 Å². The molecule has 0 radical (unpaired) electrons. The van der Waals surface area contributed by atoms with Gasteiger partial charge in [-0.3, -0.25) is 5.10 Å². The van der Waals surface area contributed by atoms with Crippen LogP contribution in [-0.4, -0.2) is 37.0 Å². The minimum absolute atomic E-state index is 0.216. The Labute approximate surface area is 263 Å². The van der Waals surface area contributed by atoms with Crippen molar-refractivity contribution in [2.75, 3.05) is 5.32 Å². The van der Waals surface area contributed by atoms with Crippen LogP contribution in [0.25, 0.3) is 21.1 Å². The van der Waals surface area contributed by atoms with Crippen molar-refractivity contribution in [2.45, 2.75) is 89.4 Å². The van der Waals surface area contributed by atoms with Crippen molar-refractivity contribution in [2.24, 2.45) is 11.8 Å². The summed E-state index contributed by atoms with van der Waals surface area (Å²) in [4.78, 5) is 9.50. The number of anilines is 1. The smallest absolute Gasteiger partial charge is 0.367 e. The number of benzene rings is 1. The number of aromatic amines is 1. The fourth-order valence-electron chi connectivity index (χ4n) is 7.34. The van der Waals surface area contributed by atoms with E-state index in [2.05, 4.69) is 55.2 Å². The molecule has 1 aromatic carbocycles. The Kier molecular flexibility index (Phi) is 8.02. The third-order valence-corrected chi connectivity index (χ3v) is 10.9. The SMILES string of the molecule is Cc1c(C(CCC2CC2)C2CCC(Nc3ncnc4sc(CC(F)(F)F)cc34)CC2)ccc2c1cc(C#N)n2Cc1cn[nH]c1.